The summed E-state index contributed by atoms with van der Waals surface area (Å²) in [4.78, 5) is 29.3. The molecule has 21 heavy (non-hydrogen) atoms. The summed E-state index contributed by atoms with van der Waals surface area (Å²) in [6.07, 6.45) is 1.19. The molecule has 3 amide bonds. The second-order valence-electron chi connectivity index (χ2n) is 5.51. The Morgan fingerprint density at radius 1 is 1.52 bits per heavy atom. The molecule has 0 bridgehead atoms. The first-order valence-electron chi connectivity index (χ1n) is 7.12. The lowest BCUT2D eigenvalue weighted by Crippen LogP contribution is -2.43. The van der Waals surface area contributed by atoms with Crippen molar-refractivity contribution in [2.75, 3.05) is 19.6 Å². The van der Waals surface area contributed by atoms with Gasteiger partial charge in [0.2, 0.25) is 0 Å². The van der Waals surface area contributed by atoms with E-state index in [-0.39, 0.29) is 11.9 Å². The zero-order chi connectivity index (χ0) is 16.0. The molecule has 0 radical (unpaired) electrons. The highest BCUT2D eigenvalue weighted by Gasteiger charge is 2.45. The van der Waals surface area contributed by atoms with Crippen molar-refractivity contribution in [3.05, 3.63) is 12.2 Å². The average Bonchev–Trinajstić information content (AvgIpc) is 2.64. The number of nitrogens with one attached hydrogen (secondary N) is 2. The van der Waals surface area contributed by atoms with E-state index in [9.17, 15) is 9.59 Å². The number of aliphatic imine (C=N–C) groups is 1. The molecule has 1 fully saturated rings. The van der Waals surface area contributed by atoms with Gasteiger partial charge in [-0.15, -0.1) is 0 Å². The Bertz CT molecular complexity index is 460. The maximum absolute atomic E-state index is 12.1. The molecule has 0 aromatic heterocycles. The third kappa shape index (κ3) is 4.47. The molecule has 1 atom stereocenters. The number of carbonyl (C=O) groups is 2. The van der Waals surface area contributed by atoms with Gasteiger partial charge in [-0.1, -0.05) is 19.1 Å². The highest BCUT2D eigenvalue weighted by molar-refractivity contribution is 6.06. The largest absolute Gasteiger partial charge is 0.370 e. The number of hydrogen-bond donors (Lipinski definition) is 3. The van der Waals surface area contributed by atoms with Crippen LogP contribution >= 0.6 is 0 Å². The number of urea groups is 1. The van der Waals surface area contributed by atoms with E-state index in [2.05, 4.69) is 22.2 Å². The third-order valence-corrected chi connectivity index (χ3v) is 3.44. The van der Waals surface area contributed by atoms with Crippen LogP contribution in [0.3, 0.4) is 0 Å². The van der Waals surface area contributed by atoms with Gasteiger partial charge in [-0.25, -0.2) is 9.79 Å². The van der Waals surface area contributed by atoms with E-state index in [1.165, 1.54) is 4.90 Å². The molecular weight excluding hydrogens is 270 g/mol. The fourth-order valence-corrected chi connectivity index (χ4v) is 1.92. The molecule has 118 valence electrons. The summed E-state index contributed by atoms with van der Waals surface area (Å²) >= 11 is 0. The van der Waals surface area contributed by atoms with Gasteiger partial charge in [-0.05, 0) is 26.7 Å². The van der Waals surface area contributed by atoms with Crippen molar-refractivity contribution < 1.29 is 9.59 Å². The molecule has 7 nitrogen and oxygen atoms in total. The Morgan fingerprint density at radius 3 is 2.71 bits per heavy atom. The van der Waals surface area contributed by atoms with Gasteiger partial charge in [-0.3, -0.25) is 9.69 Å². The van der Waals surface area contributed by atoms with Gasteiger partial charge in [0.1, 0.15) is 5.54 Å². The molecule has 1 rings (SSSR count). The number of nitrogens with two attached hydrogens (primary N) is 1. The molecule has 4 N–H and O–H groups in total. The van der Waals surface area contributed by atoms with Crippen LogP contribution in [0, 0.1) is 0 Å². The van der Waals surface area contributed by atoms with Crippen molar-refractivity contribution in [2.24, 2.45) is 10.7 Å². The van der Waals surface area contributed by atoms with E-state index in [0.717, 1.165) is 5.57 Å². The lowest BCUT2D eigenvalue weighted by atomic mass is 9.99. The summed E-state index contributed by atoms with van der Waals surface area (Å²) in [7, 11) is 0. The first-order chi connectivity index (χ1) is 9.80. The quantitative estimate of drug-likeness (QED) is 0.210. The van der Waals surface area contributed by atoms with Gasteiger partial charge in [0, 0.05) is 13.1 Å². The molecule has 1 aliphatic heterocycles. The highest BCUT2D eigenvalue weighted by atomic mass is 16.2. The maximum atomic E-state index is 12.1. The number of hydrogen-bond acceptors (Lipinski definition) is 3. The summed E-state index contributed by atoms with van der Waals surface area (Å²) in [5.41, 5.74) is 5.83. The Hall–Kier alpha value is -2.05. The van der Waals surface area contributed by atoms with Crippen LogP contribution in [0.4, 0.5) is 4.79 Å². The van der Waals surface area contributed by atoms with Crippen LogP contribution in [-0.4, -0.2) is 48.0 Å². The second-order valence-corrected chi connectivity index (χ2v) is 5.51. The molecule has 1 heterocycles. The van der Waals surface area contributed by atoms with Crippen molar-refractivity contribution in [3.63, 3.8) is 0 Å². The van der Waals surface area contributed by atoms with Gasteiger partial charge >= 0.3 is 6.03 Å². The van der Waals surface area contributed by atoms with Crippen LogP contribution in [0.1, 0.15) is 33.6 Å². The first kappa shape index (κ1) is 17.0. The number of nitrogens with zero attached hydrogens (tertiary/aromatic N) is 2. The smallest absolute Gasteiger partial charge is 0.325 e. The molecule has 0 saturated carbocycles. The minimum atomic E-state index is -0.771. The van der Waals surface area contributed by atoms with Crippen molar-refractivity contribution in [1.82, 2.24) is 15.5 Å². The van der Waals surface area contributed by atoms with E-state index in [1.807, 2.05) is 13.8 Å². The summed E-state index contributed by atoms with van der Waals surface area (Å²) in [5, 5.41) is 5.66. The molecular formula is C14H25N5O2. The average molecular weight is 295 g/mol. The normalized spacial score (nSPS) is 22.4. The monoisotopic (exact) mass is 295 g/mol. The SMILES string of the molecule is C=C(C)CN=C(N)NCCCN1C(=O)NC(C)(CC)C1=O. The molecule has 0 aliphatic carbocycles. The molecule has 7 heteroatoms. The summed E-state index contributed by atoms with van der Waals surface area (Å²) < 4.78 is 0. The maximum Gasteiger partial charge on any atom is 0.325 e. The fraction of sp³-hybridized carbons (Fsp3) is 0.643. The second kappa shape index (κ2) is 7.10. The van der Waals surface area contributed by atoms with Gasteiger partial charge < -0.3 is 16.4 Å². The molecule has 0 aromatic rings. The zero-order valence-electron chi connectivity index (χ0n) is 13.0. The van der Waals surface area contributed by atoms with Crippen LogP contribution < -0.4 is 16.4 Å². The number of guanidine groups is 1. The van der Waals surface area contributed by atoms with Gasteiger partial charge in [-0.2, -0.15) is 0 Å². The Kier molecular flexibility index (Phi) is 5.75. The number of carbonyl (C=O) groups excluding carboxylic acids is 2. The summed E-state index contributed by atoms with van der Waals surface area (Å²) in [6, 6.07) is -0.326. The predicted molar refractivity (Wildman–Crippen MR) is 82.9 cm³/mol. The van der Waals surface area contributed by atoms with Gasteiger partial charge in [0.25, 0.3) is 5.91 Å². The van der Waals surface area contributed by atoms with E-state index >= 15 is 0 Å². The minimum Gasteiger partial charge on any atom is -0.370 e. The minimum absolute atomic E-state index is 0.168. The Balaban J connectivity index is 2.36. The molecule has 0 aromatic carbocycles. The van der Waals surface area contributed by atoms with Crippen LogP contribution in [0.5, 0.6) is 0 Å². The van der Waals surface area contributed by atoms with Crippen LogP contribution in [0.25, 0.3) is 0 Å². The van der Waals surface area contributed by atoms with Gasteiger partial charge in [0.15, 0.2) is 5.96 Å². The fourth-order valence-electron chi connectivity index (χ4n) is 1.92. The molecule has 1 aliphatic rings. The summed E-state index contributed by atoms with van der Waals surface area (Å²) in [6.45, 7) is 10.6. The number of amides is 3. The standard InChI is InChI=1S/C14H25N5O2/c1-5-14(4)11(20)19(13(21)18-14)8-6-7-16-12(15)17-9-10(2)3/h2,5-9H2,1,3-4H3,(H,18,21)(H3,15,16,17). The number of imide groups is 1. The van der Waals surface area contributed by atoms with Crippen molar-refractivity contribution in [3.8, 4) is 0 Å². The van der Waals surface area contributed by atoms with E-state index < -0.39 is 5.54 Å². The molecule has 1 saturated heterocycles. The van der Waals surface area contributed by atoms with Crippen LogP contribution in [-0.2, 0) is 4.79 Å². The topological polar surface area (TPSA) is 99.8 Å². The Labute approximate surface area is 125 Å². The lowest BCUT2D eigenvalue weighted by molar-refractivity contribution is -0.130. The predicted octanol–water partition coefficient (Wildman–Crippen LogP) is 0.577. The molecule has 0 spiro atoms. The number of rotatable bonds is 7. The molecule has 1 unspecified atom stereocenters. The van der Waals surface area contributed by atoms with Crippen molar-refractivity contribution in [2.45, 2.75) is 39.2 Å². The lowest BCUT2D eigenvalue weighted by Gasteiger charge is -2.19. The zero-order valence-corrected chi connectivity index (χ0v) is 13.0. The summed E-state index contributed by atoms with van der Waals surface area (Å²) in [5.74, 6) is 0.174. The third-order valence-electron chi connectivity index (χ3n) is 3.44. The Morgan fingerprint density at radius 2 is 2.19 bits per heavy atom. The van der Waals surface area contributed by atoms with Crippen molar-refractivity contribution >= 4 is 17.9 Å². The first-order valence-corrected chi connectivity index (χ1v) is 7.12. The van der Waals surface area contributed by atoms with E-state index in [1.54, 1.807) is 6.92 Å². The van der Waals surface area contributed by atoms with Crippen molar-refractivity contribution in [1.29, 1.82) is 0 Å². The van der Waals surface area contributed by atoms with E-state index in [4.69, 9.17) is 5.73 Å². The van der Waals surface area contributed by atoms with Crippen LogP contribution in [0.15, 0.2) is 17.1 Å². The highest BCUT2D eigenvalue weighted by Crippen LogP contribution is 2.20. The van der Waals surface area contributed by atoms with E-state index in [0.29, 0.717) is 38.4 Å². The van der Waals surface area contributed by atoms with Crippen LogP contribution in [0.2, 0.25) is 0 Å². The van der Waals surface area contributed by atoms with Gasteiger partial charge in [0.05, 0.1) is 6.54 Å².